The summed E-state index contributed by atoms with van der Waals surface area (Å²) in [5.74, 6) is 0.984. The molecule has 0 amide bonds. The van der Waals surface area contributed by atoms with Gasteiger partial charge < -0.3 is 18.9 Å². The topological polar surface area (TPSA) is 71.1 Å². The van der Waals surface area contributed by atoms with E-state index in [1.807, 2.05) is 6.92 Å². The molecule has 3 heterocycles. The quantitative estimate of drug-likeness (QED) is 0.467. The summed E-state index contributed by atoms with van der Waals surface area (Å²) in [6, 6.07) is 0. The van der Waals surface area contributed by atoms with Gasteiger partial charge in [0, 0.05) is 31.6 Å². The number of hydrogen-bond acceptors (Lipinski definition) is 6. The lowest BCUT2D eigenvalue weighted by Gasteiger charge is -2.47. The molecule has 0 aromatic carbocycles. The van der Waals surface area contributed by atoms with E-state index in [1.54, 1.807) is 0 Å². The average molecular weight is 449 g/mol. The molecule has 32 heavy (non-hydrogen) atoms. The second kappa shape index (κ2) is 9.09. The van der Waals surface area contributed by atoms with Gasteiger partial charge in [0.1, 0.15) is 17.8 Å². The van der Waals surface area contributed by atoms with Crippen molar-refractivity contribution in [1.82, 2.24) is 0 Å². The van der Waals surface area contributed by atoms with Gasteiger partial charge in [-0.25, -0.2) is 0 Å². The Hall–Kier alpha value is -1.40. The fourth-order valence-electron chi connectivity index (χ4n) is 6.88. The van der Waals surface area contributed by atoms with Gasteiger partial charge in [-0.3, -0.25) is 9.59 Å². The molecule has 3 fully saturated rings. The highest BCUT2D eigenvalue weighted by Crippen LogP contribution is 2.57. The molecule has 2 bridgehead atoms. The zero-order valence-electron chi connectivity index (χ0n) is 20.5. The van der Waals surface area contributed by atoms with Gasteiger partial charge >= 0.3 is 11.9 Å². The first-order valence-electron chi connectivity index (χ1n) is 12.5. The number of fused-ring (bicyclic) bond motifs is 2. The van der Waals surface area contributed by atoms with Gasteiger partial charge in [-0.2, -0.15) is 0 Å². The number of rotatable bonds is 4. The summed E-state index contributed by atoms with van der Waals surface area (Å²) < 4.78 is 25.5. The van der Waals surface area contributed by atoms with Crippen molar-refractivity contribution < 1.29 is 28.5 Å². The molecule has 3 aliphatic heterocycles. The van der Waals surface area contributed by atoms with Crippen LogP contribution in [0.3, 0.4) is 0 Å². The Kier molecular flexibility index (Phi) is 6.75. The van der Waals surface area contributed by atoms with Crippen molar-refractivity contribution in [2.24, 2.45) is 29.6 Å². The third-order valence-electron chi connectivity index (χ3n) is 8.45. The number of hydrogen-bond donors (Lipinski definition) is 0. The molecule has 4 rings (SSSR count). The van der Waals surface area contributed by atoms with Gasteiger partial charge in [0.15, 0.2) is 0 Å². The Morgan fingerprint density at radius 3 is 2.62 bits per heavy atom. The molecular weight excluding hydrogens is 408 g/mol. The minimum Gasteiger partial charge on any atom is -0.462 e. The molecule has 10 atom stereocenters. The highest BCUT2D eigenvalue weighted by atomic mass is 16.6. The van der Waals surface area contributed by atoms with Crippen molar-refractivity contribution in [3.8, 4) is 0 Å². The summed E-state index contributed by atoms with van der Waals surface area (Å²) in [6.07, 6.45) is 5.02. The molecule has 0 spiro atoms. The van der Waals surface area contributed by atoms with E-state index in [2.05, 4.69) is 33.8 Å². The predicted octanol–water partition coefficient (Wildman–Crippen LogP) is 4.45. The molecule has 0 radical (unpaired) electrons. The second-order valence-corrected chi connectivity index (χ2v) is 10.9. The molecule has 1 aliphatic carbocycles. The van der Waals surface area contributed by atoms with E-state index in [0.717, 1.165) is 19.3 Å². The van der Waals surface area contributed by atoms with Gasteiger partial charge in [0.2, 0.25) is 0 Å². The van der Waals surface area contributed by atoms with Gasteiger partial charge in [-0.1, -0.05) is 32.4 Å². The van der Waals surface area contributed by atoms with E-state index in [-0.39, 0.29) is 48.0 Å². The molecule has 1 saturated carbocycles. The second-order valence-electron chi connectivity index (χ2n) is 10.9. The first-order chi connectivity index (χ1) is 15.2. The van der Waals surface area contributed by atoms with E-state index in [9.17, 15) is 9.59 Å². The third-order valence-corrected chi connectivity index (χ3v) is 8.45. The summed E-state index contributed by atoms with van der Waals surface area (Å²) in [5, 5.41) is 0. The Morgan fingerprint density at radius 2 is 1.94 bits per heavy atom. The van der Waals surface area contributed by atoms with Crippen LogP contribution in [-0.4, -0.2) is 48.6 Å². The Bertz CT molecular complexity index is 761. The molecule has 0 aromatic heterocycles. The minimum atomic E-state index is -0.744. The maximum absolute atomic E-state index is 12.6. The number of ether oxygens (including phenoxy) is 4. The smallest absolute Gasteiger partial charge is 0.306 e. The minimum absolute atomic E-state index is 0.0322. The van der Waals surface area contributed by atoms with Gasteiger partial charge in [-0.05, 0) is 50.9 Å². The lowest BCUT2D eigenvalue weighted by atomic mass is 9.59. The van der Waals surface area contributed by atoms with Crippen LogP contribution in [-0.2, 0) is 28.5 Å². The van der Waals surface area contributed by atoms with Crippen LogP contribution in [0.15, 0.2) is 11.6 Å². The van der Waals surface area contributed by atoms with Crippen LogP contribution in [0.25, 0.3) is 0 Å². The Labute approximate surface area is 192 Å². The summed E-state index contributed by atoms with van der Waals surface area (Å²) in [6.45, 7) is 12.7. The van der Waals surface area contributed by atoms with Gasteiger partial charge in [0.25, 0.3) is 0 Å². The maximum atomic E-state index is 12.6. The largest absolute Gasteiger partial charge is 0.462 e. The molecule has 6 nitrogen and oxygen atoms in total. The highest BCUT2D eigenvalue weighted by Gasteiger charge is 2.65. The van der Waals surface area contributed by atoms with E-state index >= 15 is 0 Å². The lowest BCUT2D eigenvalue weighted by molar-refractivity contribution is -0.200. The lowest BCUT2D eigenvalue weighted by Crippen LogP contribution is -2.57. The van der Waals surface area contributed by atoms with E-state index in [0.29, 0.717) is 31.3 Å². The Balaban J connectivity index is 1.78. The van der Waals surface area contributed by atoms with E-state index in [1.165, 1.54) is 12.5 Å². The number of carbonyl (C=O) groups excluding carboxylic acids is 2. The molecule has 10 unspecified atom stereocenters. The Morgan fingerprint density at radius 1 is 1.19 bits per heavy atom. The van der Waals surface area contributed by atoms with Crippen LogP contribution in [0.4, 0.5) is 0 Å². The van der Waals surface area contributed by atoms with Crippen LogP contribution in [0, 0.1) is 29.6 Å². The fraction of sp³-hybridized carbons (Fsp3) is 0.846. The summed E-state index contributed by atoms with van der Waals surface area (Å²) in [5.41, 5.74) is 0.475. The molecule has 0 aromatic rings. The molecule has 180 valence electrons. The molecule has 0 N–H and O–H groups in total. The third kappa shape index (κ3) is 4.13. The van der Waals surface area contributed by atoms with Gasteiger partial charge in [0.05, 0.1) is 18.8 Å². The molecule has 4 aliphatic rings. The van der Waals surface area contributed by atoms with Crippen molar-refractivity contribution in [2.75, 3.05) is 6.61 Å². The van der Waals surface area contributed by atoms with Crippen molar-refractivity contribution >= 4 is 11.9 Å². The number of esters is 2. The van der Waals surface area contributed by atoms with Crippen LogP contribution in [0.1, 0.15) is 73.6 Å². The fourth-order valence-corrected chi connectivity index (χ4v) is 6.88. The zero-order chi connectivity index (χ0) is 23.2. The molecule has 2 saturated heterocycles. The van der Waals surface area contributed by atoms with Crippen LogP contribution < -0.4 is 0 Å². The van der Waals surface area contributed by atoms with Crippen molar-refractivity contribution in [2.45, 2.75) is 104 Å². The van der Waals surface area contributed by atoms with Crippen LogP contribution in [0.5, 0.6) is 0 Å². The van der Waals surface area contributed by atoms with Crippen LogP contribution >= 0.6 is 0 Å². The normalized spacial score (nSPS) is 45.6. The first kappa shape index (κ1) is 23.7. The summed E-state index contributed by atoms with van der Waals surface area (Å²) in [4.78, 5) is 24.6. The first-order valence-corrected chi connectivity index (χ1v) is 12.5. The zero-order valence-corrected chi connectivity index (χ0v) is 20.5. The van der Waals surface area contributed by atoms with Crippen molar-refractivity contribution in [3.63, 3.8) is 0 Å². The number of carbonyl (C=O) groups is 2. The van der Waals surface area contributed by atoms with E-state index in [4.69, 9.17) is 18.9 Å². The van der Waals surface area contributed by atoms with Crippen molar-refractivity contribution in [3.05, 3.63) is 11.6 Å². The maximum Gasteiger partial charge on any atom is 0.306 e. The molecule has 6 heteroatoms. The van der Waals surface area contributed by atoms with Crippen LogP contribution in [0.2, 0.25) is 0 Å². The highest BCUT2D eigenvalue weighted by molar-refractivity contribution is 5.69. The van der Waals surface area contributed by atoms with Crippen molar-refractivity contribution in [1.29, 1.82) is 0 Å². The SMILES string of the molecule is CCCC(=O)OC1C(C)CC2C(C)COC3(C)C(OC(C)=O)CC=C(C)CC4OC3C2C41. The summed E-state index contributed by atoms with van der Waals surface area (Å²) in [7, 11) is 0. The van der Waals surface area contributed by atoms with Gasteiger partial charge in [-0.15, -0.1) is 0 Å². The predicted molar refractivity (Wildman–Crippen MR) is 120 cm³/mol. The average Bonchev–Trinajstić information content (AvgIpc) is 3.07. The standard InChI is InChI=1S/C26H40O6/c1-7-8-21(28)32-24-15(3)12-18-16(4)13-29-26(6)20(30-17(5)27)10-9-14(2)11-19-23(24)22(18)25(26)31-19/h9,15-16,18-20,22-25H,7-8,10-13H2,1-6H3. The van der Waals surface area contributed by atoms with E-state index < -0.39 is 11.7 Å². The monoisotopic (exact) mass is 448 g/mol. The summed E-state index contributed by atoms with van der Waals surface area (Å²) >= 11 is 0. The molecular formula is C26H40O6.